The van der Waals surface area contributed by atoms with Crippen LogP contribution < -0.4 is 21.7 Å². The average Bonchev–Trinajstić information content (AvgIpc) is 2.74. The molecule has 6 N–H and O–H groups in total. The van der Waals surface area contributed by atoms with Crippen LogP contribution in [0.4, 0.5) is 0 Å². The summed E-state index contributed by atoms with van der Waals surface area (Å²) in [5, 5.41) is 16.8. The van der Waals surface area contributed by atoms with Crippen molar-refractivity contribution in [2.75, 3.05) is 0 Å². The van der Waals surface area contributed by atoms with E-state index in [2.05, 4.69) is 16.0 Å². The molecule has 5 atom stereocenters. The van der Waals surface area contributed by atoms with Gasteiger partial charge in [0.2, 0.25) is 17.7 Å². The highest BCUT2D eigenvalue weighted by atomic mass is 16.4. The summed E-state index contributed by atoms with van der Waals surface area (Å²) in [7, 11) is 0. The van der Waals surface area contributed by atoms with Crippen LogP contribution in [0.1, 0.15) is 46.6 Å². The van der Waals surface area contributed by atoms with Gasteiger partial charge in [0.15, 0.2) is 0 Å². The van der Waals surface area contributed by atoms with E-state index in [-0.39, 0.29) is 11.8 Å². The number of hydrogen-bond acceptors (Lipinski definition) is 5. The van der Waals surface area contributed by atoms with E-state index in [1.165, 1.54) is 6.92 Å². The van der Waals surface area contributed by atoms with Crippen molar-refractivity contribution < 1.29 is 24.3 Å². The van der Waals surface area contributed by atoms with E-state index in [9.17, 15) is 19.2 Å². The molecule has 9 nitrogen and oxygen atoms in total. The Bertz CT molecular complexity index is 784. The minimum atomic E-state index is -1.17. The first-order chi connectivity index (χ1) is 15.0. The van der Waals surface area contributed by atoms with Gasteiger partial charge in [0.1, 0.15) is 18.1 Å². The Morgan fingerprint density at radius 1 is 0.875 bits per heavy atom. The monoisotopic (exact) mass is 448 g/mol. The van der Waals surface area contributed by atoms with E-state index in [1.807, 2.05) is 37.3 Å². The van der Waals surface area contributed by atoms with Crippen molar-refractivity contribution in [3.05, 3.63) is 35.9 Å². The molecule has 0 radical (unpaired) electrons. The minimum absolute atomic E-state index is 0.246. The van der Waals surface area contributed by atoms with Gasteiger partial charge in [-0.2, -0.15) is 0 Å². The molecule has 0 aliphatic heterocycles. The first-order valence-corrected chi connectivity index (χ1v) is 10.9. The molecule has 0 aromatic heterocycles. The first-order valence-electron chi connectivity index (χ1n) is 10.9. The number of aliphatic carboxylic acids is 1. The Kier molecular flexibility index (Phi) is 10.8. The smallest absolute Gasteiger partial charge is 0.325 e. The molecule has 0 aliphatic carbocycles. The van der Waals surface area contributed by atoms with Crippen LogP contribution in [0.15, 0.2) is 30.3 Å². The van der Waals surface area contributed by atoms with Gasteiger partial charge in [-0.15, -0.1) is 0 Å². The van der Waals surface area contributed by atoms with Crippen LogP contribution in [0, 0.1) is 11.8 Å². The number of amides is 3. The summed E-state index contributed by atoms with van der Waals surface area (Å²) in [4.78, 5) is 49.3. The lowest BCUT2D eigenvalue weighted by Gasteiger charge is -2.29. The molecule has 0 heterocycles. The number of nitrogens with two attached hydrogens (primary N) is 1. The number of carboxylic acids is 1. The van der Waals surface area contributed by atoms with E-state index in [4.69, 9.17) is 10.8 Å². The summed E-state index contributed by atoms with van der Waals surface area (Å²) in [5.41, 5.74) is 6.94. The standard InChI is InChI=1S/C23H36N4O5/c1-6-14(4)19(22(30)25-15(5)23(31)32)27-21(29)18(13(2)3)26-20(28)17(24)12-16-10-8-7-9-11-16/h7-11,13-15,17-19H,6,12,24H2,1-5H3,(H,25,30)(H,26,28)(H,27,29)(H,31,32). The van der Waals surface area contributed by atoms with Gasteiger partial charge in [0, 0.05) is 0 Å². The van der Waals surface area contributed by atoms with Gasteiger partial charge in [-0.25, -0.2) is 0 Å². The fraction of sp³-hybridized carbons (Fsp3) is 0.565. The molecule has 5 unspecified atom stereocenters. The Morgan fingerprint density at radius 3 is 1.91 bits per heavy atom. The number of rotatable bonds is 12. The molecule has 32 heavy (non-hydrogen) atoms. The van der Waals surface area contributed by atoms with Gasteiger partial charge in [-0.3, -0.25) is 19.2 Å². The maximum absolute atomic E-state index is 13.0. The zero-order valence-electron chi connectivity index (χ0n) is 19.4. The highest BCUT2D eigenvalue weighted by molar-refractivity contribution is 5.94. The van der Waals surface area contributed by atoms with Crippen molar-refractivity contribution in [3.8, 4) is 0 Å². The summed E-state index contributed by atoms with van der Waals surface area (Å²) in [5.74, 6) is -3.26. The first kappa shape index (κ1) is 27.1. The molecule has 0 aliphatic rings. The third-order valence-electron chi connectivity index (χ3n) is 5.40. The lowest BCUT2D eigenvalue weighted by Crippen LogP contribution is -2.59. The predicted octanol–water partition coefficient (Wildman–Crippen LogP) is 0.817. The van der Waals surface area contributed by atoms with Crippen LogP contribution in [-0.2, 0) is 25.6 Å². The van der Waals surface area contributed by atoms with E-state index in [1.54, 1.807) is 20.8 Å². The summed E-state index contributed by atoms with van der Waals surface area (Å²) in [6, 6.07) is 5.55. The van der Waals surface area contributed by atoms with Gasteiger partial charge < -0.3 is 26.8 Å². The van der Waals surface area contributed by atoms with Crippen molar-refractivity contribution in [1.29, 1.82) is 0 Å². The third kappa shape index (κ3) is 8.30. The number of carbonyl (C=O) groups excluding carboxylic acids is 3. The highest BCUT2D eigenvalue weighted by Gasteiger charge is 2.33. The largest absolute Gasteiger partial charge is 0.480 e. The predicted molar refractivity (Wildman–Crippen MR) is 122 cm³/mol. The van der Waals surface area contributed by atoms with Crippen LogP contribution >= 0.6 is 0 Å². The summed E-state index contributed by atoms with van der Waals surface area (Å²) in [6.45, 7) is 8.55. The number of hydrogen-bond donors (Lipinski definition) is 5. The number of nitrogens with one attached hydrogen (secondary N) is 3. The molecule has 0 fully saturated rings. The summed E-state index contributed by atoms with van der Waals surface area (Å²) < 4.78 is 0. The number of benzene rings is 1. The number of carbonyl (C=O) groups is 4. The van der Waals surface area contributed by atoms with Crippen molar-refractivity contribution >= 4 is 23.7 Å². The highest BCUT2D eigenvalue weighted by Crippen LogP contribution is 2.11. The molecule has 0 spiro atoms. The molecule has 178 valence electrons. The quantitative estimate of drug-likeness (QED) is 0.319. The maximum Gasteiger partial charge on any atom is 0.325 e. The Balaban J connectivity index is 2.88. The van der Waals surface area contributed by atoms with Crippen LogP contribution in [-0.4, -0.2) is 53.0 Å². The molecular formula is C23H36N4O5. The average molecular weight is 449 g/mol. The second-order valence-electron chi connectivity index (χ2n) is 8.47. The second kappa shape index (κ2) is 12.8. The fourth-order valence-electron chi connectivity index (χ4n) is 3.07. The Labute approximate surface area is 189 Å². The fourth-order valence-corrected chi connectivity index (χ4v) is 3.07. The zero-order chi connectivity index (χ0) is 24.4. The summed E-state index contributed by atoms with van der Waals surface area (Å²) in [6.07, 6.45) is 0.907. The molecular weight excluding hydrogens is 412 g/mol. The van der Waals surface area contributed by atoms with Crippen LogP contribution in [0.25, 0.3) is 0 Å². The van der Waals surface area contributed by atoms with Crippen molar-refractivity contribution in [2.45, 2.75) is 71.6 Å². The molecule has 0 saturated carbocycles. The lowest BCUT2D eigenvalue weighted by molar-refractivity contribution is -0.142. The molecule has 9 heteroatoms. The van der Waals surface area contributed by atoms with Crippen molar-refractivity contribution in [3.63, 3.8) is 0 Å². The van der Waals surface area contributed by atoms with E-state index in [0.717, 1.165) is 5.56 Å². The molecule has 1 aromatic rings. The Morgan fingerprint density at radius 2 is 1.41 bits per heavy atom. The zero-order valence-corrected chi connectivity index (χ0v) is 19.4. The van der Waals surface area contributed by atoms with Gasteiger partial charge in [0.25, 0.3) is 0 Å². The van der Waals surface area contributed by atoms with Gasteiger partial charge in [-0.1, -0.05) is 64.4 Å². The van der Waals surface area contributed by atoms with Crippen molar-refractivity contribution in [1.82, 2.24) is 16.0 Å². The van der Waals surface area contributed by atoms with Crippen molar-refractivity contribution in [2.24, 2.45) is 17.6 Å². The molecule has 1 rings (SSSR count). The maximum atomic E-state index is 13.0. The van der Waals surface area contributed by atoms with Gasteiger partial charge in [0.05, 0.1) is 6.04 Å². The minimum Gasteiger partial charge on any atom is -0.480 e. The lowest BCUT2D eigenvalue weighted by atomic mass is 9.96. The van der Waals surface area contributed by atoms with Gasteiger partial charge in [-0.05, 0) is 30.7 Å². The van der Waals surface area contributed by atoms with E-state index >= 15 is 0 Å². The normalized spacial score (nSPS) is 15.7. The Hall–Kier alpha value is -2.94. The SMILES string of the molecule is CCC(C)C(NC(=O)C(NC(=O)C(N)Cc1ccccc1)C(C)C)C(=O)NC(C)C(=O)O. The van der Waals surface area contributed by atoms with Gasteiger partial charge >= 0.3 is 5.97 Å². The third-order valence-corrected chi connectivity index (χ3v) is 5.40. The molecule has 0 bridgehead atoms. The van der Waals surface area contributed by atoms with Crippen LogP contribution in [0.2, 0.25) is 0 Å². The van der Waals surface area contributed by atoms with E-state index < -0.39 is 47.9 Å². The van der Waals surface area contributed by atoms with Crippen LogP contribution in [0.5, 0.6) is 0 Å². The molecule has 1 aromatic carbocycles. The topological polar surface area (TPSA) is 151 Å². The van der Waals surface area contributed by atoms with Crippen LogP contribution in [0.3, 0.4) is 0 Å². The second-order valence-corrected chi connectivity index (χ2v) is 8.47. The molecule has 0 saturated heterocycles. The number of carboxylic acid groups (broad SMARTS) is 1. The molecule has 3 amide bonds. The summed E-state index contributed by atoms with van der Waals surface area (Å²) >= 11 is 0. The van der Waals surface area contributed by atoms with E-state index in [0.29, 0.717) is 12.8 Å².